The van der Waals surface area contributed by atoms with Crippen molar-refractivity contribution in [1.29, 1.82) is 0 Å². The Kier molecular flexibility index (Phi) is 3.19. The number of aromatic nitrogens is 1. The maximum Gasteiger partial charge on any atom is 0.265 e. The lowest BCUT2D eigenvalue weighted by Gasteiger charge is -2.15. The highest BCUT2D eigenvalue weighted by atomic mass is 32.2. The molecule has 0 radical (unpaired) electrons. The van der Waals surface area contributed by atoms with E-state index in [0.29, 0.717) is 5.13 Å². The molecule has 6 heteroatoms. The van der Waals surface area contributed by atoms with E-state index in [4.69, 9.17) is 0 Å². The molecule has 102 valence electrons. The first-order valence-corrected chi connectivity index (χ1v) is 8.24. The summed E-state index contributed by atoms with van der Waals surface area (Å²) in [7, 11) is -2.03. The summed E-state index contributed by atoms with van der Waals surface area (Å²) < 4.78 is 27.2. The smallest absolute Gasteiger partial charge is 0.244 e. The van der Waals surface area contributed by atoms with E-state index in [-0.39, 0.29) is 4.90 Å². The maximum atomic E-state index is 12.5. The molecule has 0 unspecified atom stereocenters. The number of nitrogens with zero attached hydrogens (tertiary/aromatic N) is 2. The van der Waals surface area contributed by atoms with Gasteiger partial charge in [-0.1, -0.05) is 41.7 Å². The minimum atomic E-state index is -3.56. The van der Waals surface area contributed by atoms with Crippen molar-refractivity contribution in [2.24, 2.45) is 0 Å². The standard InChI is InChI=1S/C14H12N2O2S2/c1-16(20(17,18)11-7-3-2-4-8-11)14-15-12-9-5-6-10-13(12)19-14/h2-10H,1H3. The van der Waals surface area contributed by atoms with Crippen LogP contribution in [0.15, 0.2) is 59.5 Å². The third kappa shape index (κ3) is 2.17. The molecule has 0 fully saturated rings. The lowest BCUT2D eigenvalue weighted by atomic mass is 10.3. The van der Waals surface area contributed by atoms with Crippen LogP contribution >= 0.6 is 11.3 Å². The zero-order valence-corrected chi connectivity index (χ0v) is 12.4. The minimum absolute atomic E-state index is 0.266. The van der Waals surface area contributed by atoms with Crippen molar-refractivity contribution in [2.75, 3.05) is 11.4 Å². The van der Waals surface area contributed by atoms with Crippen molar-refractivity contribution in [3.8, 4) is 0 Å². The van der Waals surface area contributed by atoms with Gasteiger partial charge in [0.1, 0.15) is 0 Å². The van der Waals surface area contributed by atoms with Gasteiger partial charge in [0.05, 0.1) is 15.1 Å². The Morgan fingerprint density at radius 1 is 1.00 bits per heavy atom. The number of rotatable bonds is 3. The number of hydrogen-bond donors (Lipinski definition) is 0. The van der Waals surface area contributed by atoms with Crippen molar-refractivity contribution in [1.82, 2.24) is 4.98 Å². The molecule has 0 bridgehead atoms. The normalized spacial score (nSPS) is 11.7. The summed E-state index contributed by atoms with van der Waals surface area (Å²) in [6, 6.07) is 16.0. The van der Waals surface area contributed by atoms with Gasteiger partial charge in [-0.05, 0) is 24.3 Å². The molecule has 0 saturated heterocycles. The highest BCUT2D eigenvalue weighted by molar-refractivity contribution is 7.93. The van der Waals surface area contributed by atoms with Crippen LogP contribution in [0.2, 0.25) is 0 Å². The van der Waals surface area contributed by atoms with E-state index in [1.54, 1.807) is 30.3 Å². The molecule has 0 aliphatic carbocycles. The van der Waals surface area contributed by atoms with Gasteiger partial charge in [-0.2, -0.15) is 0 Å². The van der Waals surface area contributed by atoms with Crippen LogP contribution in [-0.2, 0) is 10.0 Å². The third-order valence-corrected chi connectivity index (χ3v) is 5.94. The van der Waals surface area contributed by atoms with Gasteiger partial charge < -0.3 is 0 Å². The average molecular weight is 304 g/mol. The molecule has 2 aromatic carbocycles. The van der Waals surface area contributed by atoms with E-state index < -0.39 is 10.0 Å². The molecule has 0 spiro atoms. The number of benzene rings is 2. The molecule has 3 aromatic rings. The summed E-state index contributed by atoms with van der Waals surface area (Å²) in [5.41, 5.74) is 0.808. The fourth-order valence-electron chi connectivity index (χ4n) is 1.85. The predicted octanol–water partition coefficient (Wildman–Crippen LogP) is 3.12. The monoisotopic (exact) mass is 304 g/mol. The van der Waals surface area contributed by atoms with E-state index in [0.717, 1.165) is 10.2 Å². The number of anilines is 1. The predicted molar refractivity (Wildman–Crippen MR) is 81.7 cm³/mol. The van der Waals surface area contributed by atoms with Gasteiger partial charge in [-0.15, -0.1) is 0 Å². The second-order valence-corrected chi connectivity index (χ2v) is 7.23. The largest absolute Gasteiger partial charge is 0.265 e. The fraction of sp³-hybridized carbons (Fsp3) is 0.0714. The topological polar surface area (TPSA) is 50.3 Å². The molecule has 4 nitrogen and oxygen atoms in total. The summed E-state index contributed by atoms with van der Waals surface area (Å²) in [4.78, 5) is 4.64. The van der Waals surface area contributed by atoms with Gasteiger partial charge >= 0.3 is 0 Å². The van der Waals surface area contributed by atoms with Gasteiger partial charge in [-0.3, -0.25) is 0 Å². The van der Waals surface area contributed by atoms with E-state index in [1.807, 2.05) is 24.3 Å². The molecule has 1 aromatic heterocycles. The van der Waals surface area contributed by atoms with Crippen molar-refractivity contribution >= 4 is 36.7 Å². The Labute approximate surface area is 121 Å². The van der Waals surface area contributed by atoms with Crippen LogP contribution in [0, 0.1) is 0 Å². The van der Waals surface area contributed by atoms with Crippen LogP contribution < -0.4 is 4.31 Å². The van der Waals surface area contributed by atoms with Crippen molar-refractivity contribution < 1.29 is 8.42 Å². The fourth-order valence-corrected chi connectivity index (χ4v) is 4.15. The Bertz CT molecular complexity index is 809. The first-order valence-electron chi connectivity index (χ1n) is 5.98. The number of para-hydroxylation sites is 1. The van der Waals surface area contributed by atoms with Crippen LogP contribution in [0.4, 0.5) is 5.13 Å². The summed E-state index contributed by atoms with van der Waals surface area (Å²) >= 11 is 1.36. The number of thiazole rings is 1. The molecule has 20 heavy (non-hydrogen) atoms. The Morgan fingerprint density at radius 3 is 2.35 bits per heavy atom. The molecule has 0 N–H and O–H groups in total. The Morgan fingerprint density at radius 2 is 1.65 bits per heavy atom. The minimum Gasteiger partial charge on any atom is -0.244 e. The maximum absolute atomic E-state index is 12.5. The van der Waals surface area contributed by atoms with Crippen LogP contribution in [-0.4, -0.2) is 20.4 Å². The highest BCUT2D eigenvalue weighted by Crippen LogP contribution is 2.30. The average Bonchev–Trinajstić information content (AvgIpc) is 2.91. The first-order chi connectivity index (χ1) is 9.59. The summed E-state index contributed by atoms with van der Waals surface area (Å²) in [6.45, 7) is 0. The zero-order chi connectivity index (χ0) is 14.2. The molecular formula is C14H12N2O2S2. The lowest BCUT2D eigenvalue weighted by molar-refractivity contribution is 0.594. The molecular weight excluding hydrogens is 292 g/mol. The molecule has 0 aliphatic heterocycles. The molecule has 0 aliphatic rings. The van der Waals surface area contributed by atoms with Crippen LogP contribution in [0.1, 0.15) is 0 Å². The van der Waals surface area contributed by atoms with Gasteiger partial charge in [0.15, 0.2) is 5.13 Å². The molecule has 1 heterocycles. The molecule has 3 rings (SSSR count). The SMILES string of the molecule is CN(c1nc2ccccc2s1)S(=O)(=O)c1ccccc1. The summed E-state index contributed by atoms with van der Waals surface area (Å²) in [5.74, 6) is 0. The highest BCUT2D eigenvalue weighted by Gasteiger charge is 2.23. The molecule has 0 amide bonds. The van der Waals surface area contributed by atoms with Crippen molar-refractivity contribution in [3.63, 3.8) is 0 Å². The van der Waals surface area contributed by atoms with Crippen LogP contribution in [0.25, 0.3) is 10.2 Å². The zero-order valence-electron chi connectivity index (χ0n) is 10.7. The van der Waals surface area contributed by atoms with E-state index in [9.17, 15) is 8.42 Å². The van der Waals surface area contributed by atoms with E-state index in [1.165, 1.54) is 22.7 Å². The van der Waals surface area contributed by atoms with Gasteiger partial charge in [-0.25, -0.2) is 17.7 Å². The van der Waals surface area contributed by atoms with Crippen molar-refractivity contribution in [3.05, 3.63) is 54.6 Å². The van der Waals surface area contributed by atoms with Gasteiger partial charge in [0.25, 0.3) is 10.0 Å². The van der Waals surface area contributed by atoms with E-state index >= 15 is 0 Å². The lowest BCUT2D eigenvalue weighted by Crippen LogP contribution is -2.26. The number of hydrogen-bond acceptors (Lipinski definition) is 4. The Balaban J connectivity index is 2.06. The van der Waals surface area contributed by atoms with Gasteiger partial charge in [0, 0.05) is 7.05 Å². The van der Waals surface area contributed by atoms with Gasteiger partial charge in [0.2, 0.25) is 0 Å². The Hall–Kier alpha value is -1.92. The van der Waals surface area contributed by atoms with E-state index in [2.05, 4.69) is 4.98 Å². The first kappa shape index (κ1) is 13.1. The number of fused-ring (bicyclic) bond motifs is 1. The molecule has 0 saturated carbocycles. The second kappa shape index (κ2) is 4.88. The number of sulfonamides is 1. The van der Waals surface area contributed by atoms with Crippen molar-refractivity contribution in [2.45, 2.75) is 4.90 Å². The summed E-state index contributed by atoms with van der Waals surface area (Å²) in [6.07, 6.45) is 0. The van der Waals surface area contributed by atoms with Crippen LogP contribution in [0.3, 0.4) is 0 Å². The van der Waals surface area contributed by atoms with Crippen LogP contribution in [0.5, 0.6) is 0 Å². The molecule has 0 atom stereocenters. The quantitative estimate of drug-likeness (QED) is 0.747. The second-order valence-electron chi connectivity index (χ2n) is 4.25. The summed E-state index contributed by atoms with van der Waals surface area (Å²) in [5, 5.41) is 0.468. The third-order valence-electron chi connectivity index (χ3n) is 2.95.